The number of hydroxylamine groups is 1. The van der Waals surface area contributed by atoms with E-state index in [1.54, 1.807) is 11.3 Å². The van der Waals surface area contributed by atoms with Crippen molar-refractivity contribution in [2.75, 3.05) is 13.2 Å². The number of hydrogen-bond donors (Lipinski definition) is 2. The Kier molecular flexibility index (Phi) is 4.67. The van der Waals surface area contributed by atoms with E-state index in [-0.39, 0.29) is 11.5 Å². The topological polar surface area (TPSA) is 59.3 Å². The Balaban J connectivity index is 1.74. The maximum Gasteiger partial charge on any atom is 0.211 e. The lowest BCUT2D eigenvalue weighted by Gasteiger charge is -2.44. The zero-order valence-electron chi connectivity index (χ0n) is 14.8. The van der Waals surface area contributed by atoms with E-state index >= 15 is 0 Å². The highest BCUT2D eigenvalue weighted by atomic mass is 35.5. The lowest BCUT2D eigenvalue weighted by Crippen LogP contribution is -2.52. The van der Waals surface area contributed by atoms with Crippen molar-refractivity contribution in [3.05, 3.63) is 38.2 Å². The third kappa shape index (κ3) is 3.26. The molecule has 0 bridgehead atoms. The summed E-state index contributed by atoms with van der Waals surface area (Å²) in [4.78, 5) is 11.7. The Morgan fingerprint density at radius 3 is 2.96 bits per heavy atom. The van der Waals surface area contributed by atoms with Gasteiger partial charge in [-0.25, -0.2) is 10.5 Å². The van der Waals surface area contributed by atoms with Crippen molar-refractivity contribution in [3.8, 4) is 0 Å². The number of rotatable bonds is 1. The Morgan fingerprint density at radius 2 is 2.20 bits per heavy atom. The largest absolute Gasteiger partial charge is 0.444 e. The molecule has 4 rings (SSSR count). The molecule has 0 radical (unpaired) electrons. The highest BCUT2D eigenvalue weighted by Crippen LogP contribution is 2.47. The van der Waals surface area contributed by atoms with Gasteiger partial charge in [0.15, 0.2) is 0 Å². The quantitative estimate of drug-likeness (QED) is 0.786. The van der Waals surface area contributed by atoms with Crippen molar-refractivity contribution in [2.45, 2.75) is 57.5 Å². The van der Waals surface area contributed by atoms with Crippen LogP contribution >= 0.6 is 22.9 Å². The molecule has 2 aromatic rings. The second kappa shape index (κ2) is 6.67. The minimum Gasteiger partial charge on any atom is -0.444 e. The van der Waals surface area contributed by atoms with E-state index in [9.17, 15) is 0 Å². The lowest BCUT2D eigenvalue weighted by molar-refractivity contribution is 0.0145. The molecule has 2 aliphatic heterocycles. The maximum absolute atomic E-state index is 6.38. The highest BCUT2D eigenvalue weighted by molar-refractivity contribution is 7.16. The fourth-order valence-corrected chi connectivity index (χ4v) is 5.70. The van der Waals surface area contributed by atoms with Crippen LogP contribution in [0.2, 0.25) is 4.34 Å². The van der Waals surface area contributed by atoms with Crippen LogP contribution in [-0.4, -0.2) is 24.2 Å². The molecule has 7 heteroatoms. The number of aromatic nitrogens is 1. The molecule has 3 unspecified atom stereocenters. The van der Waals surface area contributed by atoms with Crippen molar-refractivity contribution in [2.24, 2.45) is 0 Å². The van der Waals surface area contributed by atoms with Gasteiger partial charge in [0, 0.05) is 22.9 Å². The van der Waals surface area contributed by atoms with Crippen molar-refractivity contribution >= 4 is 22.9 Å². The molecule has 0 saturated carbocycles. The van der Waals surface area contributed by atoms with Gasteiger partial charge in [0.2, 0.25) is 5.89 Å². The molecule has 25 heavy (non-hydrogen) atoms. The molecule has 1 saturated heterocycles. The number of oxazole rings is 1. The van der Waals surface area contributed by atoms with Gasteiger partial charge >= 0.3 is 0 Å². The number of nitrogens with zero attached hydrogens (tertiary/aromatic N) is 1. The number of fused-ring (bicyclic) bond motifs is 2. The SMILES string of the molecule is Cc1nc(C2CC3(CNOCCc4cc(Cl)sc43)CC(C)N2)oc1C. The van der Waals surface area contributed by atoms with E-state index in [0.717, 1.165) is 47.5 Å². The monoisotopic (exact) mass is 381 g/mol. The third-order valence-corrected chi connectivity index (χ3v) is 6.92. The number of nitrogens with one attached hydrogen (secondary N) is 2. The van der Waals surface area contributed by atoms with Crippen LogP contribution in [0.1, 0.15) is 53.6 Å². The molecule has 3 atom stereocenters. The van der Waals surface area contributed by atoms with E-state index in [0.29, 0.717) is 12.6 Å². The zero-order chi connectivity index (χ0) is 17.6. The van der Waals surface area contributed by atoms with Crippen LogP contribution in [0.3, 0.4) is 0 Å². The van der Waals surface area contributed by atoms with Gasteiger partial charge in [0.1, 0.15) is 5.76 Å². The second-order valence-corrected chi connectivity index (χ2v) is 9.01. The summed E-state index contributed by atoms with van der Waals surface area (Å²) in [6.07, 6.45) is 2.83. The summed E-state index contributed by atoms with van der Waals surface area (Å²) in [6.45, 7) is 7.64. The summed E-state index contributed by atoms with van der Waals surface area (Å²) in [5.74, 6) is 1.68. The molecule has 4 heterocycles. The molecule has 0 aromatic carbocycles. The van der Waals surface area contributed by atoms with E-state index in [4.69, 9.17) is 20.9 Å². The molecule has 136 valence electrons. The van der Waals surface area contributed by atoms with Gasteiger partial charge in [-0.3, -0.25) is 0 Å². The predicted octanol–water partition coefficient (Wildman–Crippen LogP) is 3.83. The van der Waals surface area contributed by atoms with E-state index < -0.39 is 0 Å². The molecule has 5 nitrogen and oxygen atoms in total. The van der Waals surface area contributed by atoms with Crippen LogP contribution in [-0.2, 0) is 16.7 Å². The van der Waals surface area contributed by atoms with Gasteiger partial charge < -0.3 is 14.6 Å². The van der Waals surface area contributed by atoms with Crippen LogP contribution in [0.5, 0.6) is 0 Å². The van der Waals surface area contributed by atoms with E-state index in [1.807, 2.05) is 13.8 Å². The fourth-order valence-electron chi connectivity index (χ4n) is 4.19. The first-order valence-corrected chi connectivity index (χ1v) is 9.99. The predicted molar refractivity (Wildman–Crippen MR) is 99.2 cm³/mol. The zero-order valence-corrected chi connectivity index (χ0v) is 16.4. The van der Waals surface area contributed by atoms with E-state index in [1.165, 1.54) is 10.4 Å². The number of halogens is 1. The van der Waals surface area contributed by atoms with Gasteiger partial charge in [0.25, 0.3) is 0 Å². The fraction of sp³-hybridized carbons (Fsp3) is 0.611. The van der Waals surface area contributed by atoms with Gasteiger partial charge in [-0.2, -0.15) is 0 Å². The number of hydrogen-bond acceptors (Lipinski definition) is 6. The molecule has 0 aliphatic carbocycles. The molecule has 1 fully saturated rings. The molecule has 2 aromatic heterocycles. The average molecular weight is 382 g/mol. The average Bonchev–Trinajstić information content (AvgIpc) is 3.08. The molecule has 0 amide bonds. The Hall–Kier alpha value is -0.920. The molecular weight excluding hydrogens is 358 g/mol. The minimum atomic E-state index is -0.0286. The van der Waals surface area contributed by atoms with Gasteiger partial charge in [-0.05, 0) is 51.7 Å². The van der Waals surface area contributed by atoms with Crippen LogP contribution in [0.4, 0.5) is 0 Å². The van der Waals surface area contributed by atoms with Crippen LogP contribution in [0.15, 0.2) is 10.5 Å². The molecular formula is C18H24ClN3O2S. The first-order valence-electron chi connectivity index (χ1n) is 8.80. The molecule has 2 N–H and O–H groups in total. The summed E-state index contributed by atoms with van der Waals surface area (Å²) >= 11 is 8.10. The lowest BCUT2D eigenvalue weighted by atomic mass is 9.71. The summed E-state index contributed by atoms with van der Waals surface area (Å²) in [6, 6.07) is 2.55. The van der Waals surface area contributed by atoms with Gasteiger partial charge in [-0.15, -0.1) is 11.3 Å². The maximum atomic E-state index is 6.38. The summed E-state index contributed by atoms with van der Waals surface area (Å²) in [7, 11) is 0. The van der Waals surface area contributed by atoms with Crippen molar-refractivity contribution < 1.29 is 9.25 Å². The number of aryl methyl sites for hydroxylation is 2. The van der Waals surface area contributed by atoms with Crippen LogP contribution in [0, 0.1) is 13.8 Å². The third-order valence-electron chi connectivity index (χ3n) is 5.37. The Labute approximate surface area is 157 Å². The molecule has 2 aliphatic rings. The minimum absolute atomic E-state index is 0.0286. The van der Waals surface area contributed by atoms with Crippen LogP contribution < -0.4 is 10.8 Å². The Bertz CT molecular complexity index is 755. The summed E-state index contributed by atoms with van der Waals surface area (Å²) in [5, 5.41) is 3.67. The smallest absolute Gasteiger partial charge is 0.211 e. The van der Waals surface area contributed by atoms with Gasteiger partial charge in [0.05, 0.1) is 22.7 Å². The van der Waals surface area contributed by atoms with E-state index in [2.05, 4.69) is 28.8 Å². The van der Waals surface area contributed by atoms with Gasteiger partial charge in [-0.1, -0.05) is 11.6 Å². The van der Waals surface area contributed by atoms with Crippen molar-refractivity contribution in [3.63, 3.8) is 0 Å². The second-order valence-electron chi connectivity index (χ2n) is 7.33. The highest BCUT2D eigenvalue weighted by Gasteiger charge is 2.45. The first kappa shape index (κ1) is 17.5. The first-order chi connectivity index (χ1) is 12.0. The summed E-state index contributed by atoms with van der Waals surface area (Å²) < 4.78 is 6.80. The number of piperidine rings is 1. The van der Waals surface area contributed by atoms with Crippen molar-refractivity contribution in [1.29, 1.82) is 0 Å². The van der Waals surface area contributed by atoms with Crippen molar-refractivity contribution in [1.82, 2.24) is 15.8 Å². The standard InChI is InChI=1S/C18H24ClN3O2S/c1-10-7-18(8-14(21-10)17-22-11(2)12(3)24-17)9-20-23-5-4-13-6-15(19)25-16(13)18/h6,10,14,20-21H,4-5,7-9H2,1-3H3. The van der Waals surface area contributed by atoms with Crippen LogP contribution in [0.25, 0.3) is 0 Å². The molecule has 1 spiro atoms. The normalized spacial score (nSPS) is 30.1. The Morgan fingerprint density at radius 1 is 1.36 bits per heavy atom. The number of thiophene rings is 1. The summed E-state index contributed by atoms with van der Waals surface area (Å²) in [5.41, 5.74) is 5.45.